The van der Waals surface area contributed by atoms with Crippen molar-refractivity contribution in [1.82, 2.24) is 5.32 Å². The molecule has 1 aromatic rings. The van der Waals surface area contributed by atoms with Crippen LogP contribution in [-0.2, 0) is 0 Å². The fourth-order valence-corrected chi connectivity index (χ4v) is 1.73. The maximum Gasteiger partial charge on any atom is 0.166 e. The van der Waals surface area contributed by atoms with Crippen molar-refractivity contribution in [3.8, 4) is 5.75 Å². The quantitative estimate of drug-likeness (QED) is 0.899. The smallest absolute Gasteiger partial charge is 0.166 e. The van der Waals surface area contributed by atoms with Gasteiger partial charge in [0.2, 0.25) is 0 Å². The number of ether oxygens (including phenoxy) is 1. The lowest BCUT2D eigenvalue weighted by Crippen LogP contribution is -2.32. The monoisotopic (exact) mass is 289 g/mol. The lowest BCUT2D eigenvalue weighted by Gasteiger charge is -2.24. The minimum Gasteiger partial charge on any atom is -0.490 e. The van der Waals surface area contributed by atoms with Gasteiger partial charge in [0, 0.05) is 16.4 Å². The molecule has 0 aliphatic rings. The molecule has 0 aliphatic carbocycles. The van der Waals surface area contributed by atoms with Crippen molar-refractivity contribution in [2.75, 3.05) is 20.2 Å². The van der Waals surface area contributed by atoms with Crippen LogP contribution in [0.4, 0.5) is 4.39 Å². The second kappa shape index (κ2) is 5.64. The first-order valence-corrected chi connectivity index (χ1v) is 5.96. The predicted octanol–water partition coefficient (Wildman–Crippen LogP) is 3.21. The molecule has 0 amide bonds. The molecule has 0 bridgehead atoms. The molecule has 2 nitrogen and oxygen atoms in total. The minimum absolute atomic E-state index is 0.0196. The van der Waals surface area contributed by atoms with E-state index in [1.807, 2.05) is 7.05 Å². The molecule has 0 spiro atoms. The molecule has 90 valence electrons. The zero-order valence-corrected chi connectivity index (χ0v) is 11.4. The maximum atomic E-state index is 13.4. The number of hydrogen-bond acceptors (Lipinski definition) is 2. The Morgan fingerprint density at radius 1 is 1.44 bits per heavy atom. The van der Waals surface area contributed by atoms with Crippen LogP contribution in [0.5, 0.6) is 5.75 Å². The van der Waals surface area contributed by atoms with Crippen molar-refractivity contribution in [1.29, 1.82) is 0 Å². The van der Waals surface area contributed by atoms with Crippen LogP contribution in [0.3, 0.4) is 0 Å². The molecule has 0 saturated carbocycles. The van der Waals surface area contributed by atoms with Gasteiger partial charge in [-0.05, 0) is 25.2 Å². The standard InChI is InChI=1S/C12H17BrFNO/c1-12(2,7-15-3)8-16-11-5-4-9(13)6-10(11)14/h4-6,15H,7-8H2,1-3H3. The molecule has 0 radical (unpaired) electrons. The van der Waals surface area contributed by atoms with Crippen molar-refractivity contribution in [3.63, 3.8) is 0 Å². The van der Waals surface area contributed by atoms with Crippen molar-refractivity contribution in [2.24, 2.45) is 5.41 Å². The van der Waals surface area contributed by atoms with Gasteiger partial charge >= 0.3 is 0 Å². The first kappa shape index (κ1) is 13.5. The average Bonchev–Trinajstić information content (AvgIpc) is 2.16. The van der Waals surface area contributed by atoms with Gasteiger partial charge in [-0.3, -0.25) is 0 Å². The van der Waals surface area contributed by atoms with Crippen LogP contribution in [0, 0.1) is 11.2 Å². The van der Waals surface area contributed by atoms with Gasteiger partial charge in [-0.2, -0.15) is 0 Å². The van der Waals surface area contributed by atoms with Crippen LogP contribution in [0.1, 0.15) is 13.8 Å². The summed E-state index contributed by atoms with van der Waals surface area (Å²) in [6.45, 7) is 5.44. The van der Waals surface area contributed by atoms with E-state index in [1.54, 1.807) is 12.1 Å². The van der Waals surface area contributed by atoms with E-state index in [9.17, 15) is 4.39 Å². The Kier molecular flexibility index (Phi) is 4.74. The molecule has 0 unspecified atom stereocenters. The van der Waals surface area contributed by atoms with Gasteiger partial charge in [-0.25, -0.2) is 4.39 Å². The van der Waals surface area contributed by atoms with Gasteiger partial charge in [0.15, 0.2) is 11.6 Å². The van der Waals surface area contributed by atoms with E-state index in [-0.39, 0.29) is 11.2 Å². The summed E-state index contributed by atoms with van der Waals surface area (Å²) in [6.07, 6.45) is 0. The van der Waals surface area contributed by atoms with E-state index in [0.29, 0.717) is 16.8 Å². The molecule has 0 fully saturated rings. The second-order valence-corrected chi connectivity index (χ2v) is 5.47. The molecule has 16 heavy (non-hydrogen) atoms. The molecular formula is C12H17BrFNO. The minimum atomic E-state index is -0.338. The lowest BCUT2D eigenvalue weighted by molar-refractivity contribution is 0.173. The van der Waals surface area contributed by atoms with Gasteiger partial charge < -0.3 is 10.1 Å². The molecule has 1 aromatic carbocycles. The molecule has 0 atom stereocenters. The third-order valence-electron chi connectivity index (χ3n) is 2.17. The molecule has 0 aromatic heterocycles. The third-order valence-corrected chi connectivity index (χ3v) is 2.66. The maximum absolute atomic E-state index is 13.4. The summed E-state index contributed by atoms with van der Waals surface area (Å²) in [5, 5.41) is 3.09. The SMILES string of the molecule is CNCC(C)(C)COc1ccc(Br)cc1F. The van der Waals surface area contributed by atoms with E-state index in [0.717, 1.165) is 6.54 Å². The summed E-state index contributed by atoms with van der Waals surface area (Å²) >= 11 is 3.21. The van der Waals surface area contributed by atoms with E-state index in [4.69, 9.17) is 4.74 Å². The highest BCUT2D eigenvalue weighted by Gasteiger charge is 2.18. The Hall–Kier alpha value is -0.610. The van der Waals surface area contributed by atoms with Gasteiger partial charge in [0.25, 0.3) is 0 Å². The van der Waals surface area contributed by atoms with E-state index < -0.39 is 0 Å². The van der Waals surface area contributed by atoms with E-state index in [1.165, 1.54) is 6.07 Å². The van der Waals surface area contributed by atoms with Crippen LogP contribution in [0.2, 0.25) is 0 Å². The number of rotatable bonds is 5. The number of nitrogens with one attached hydrogen (secondary N) is 1. The number of hydrogen-bond donors (Lipinski definition) is 1. The van der Waals surface area contributed by atoms with Gasteiger partial charge in [0.1, 0.15) is 0 Å². The number of halogens is 2. The third kappa shape index (κ3) is 4.10. The summed E-state index contributed by atoms with van der Waals surface area (Å²) in [5.41, 5.74) is -0.0196. The zero-order valence-electron chi connectivity index (χ0n) is 9.81. The average molecular weight is 290 g/mol. The first-order valence-electron chi connectivity index (χ1n) is 5.17. The van der Waals surface area contributed by atoms with Gasteiger partial charge in [-0.15, -0.1) is 0 Å². The normalized spacial score (nSPS) is 11.6. The van der Waals surface area contributed by atoms with Crippen LogP contribution >= 0.6 is 15.9 Å². The molecule has 0 saturated heterocycles. The molecule has 4 heteroatoms. The van der Waals surface area contributed by atoms with Gasteiger partial charge in [0.05, 0.1) is 6.61 Å². The summed E-state index contributed by atoms with van der Waals surface area (Å²) < 4.78 is 19.6. The largest absolute Gasteiger partial charge is 0.490 e. The van der Waals surface area contributed by atoms with E-state index >= 15 is 0 Å². The Bertz CT molecular complexity index is 355. The highest BCUT2D eigenvalue weighted by Crippen LogP contribution is 2.23. The van der Waals surface area contributed by atoms with Crippen LogP contribution < -0.4 is 10.1 Å². The molecule has 1 N–H and O–H groups in total. The Balaban J connectivity index is 2.61. The van der Waals surface area contributed by atoms with Crippen molar-refractivity contribution in [2.45, 2.75) is 13.8 Å². The lowest BCUT2D eigenvalue weighted by atomic mass is 9.95. The summed E-state index contributed by atoms with van der Waals surface area (Å²) in [6, 6.07) is 4.80. The fourth-order valence-electron chi connectivity index (χ4n) is 1.39. The summed E-state index contributed by atoms with van der Waals surface area (Å²) in [5.74, 6) is -0.0398. The highest BCUT2D eigenvalue weighted by atomic mass is 79.9. The van der Waals surface area contributed by atoms with Crippen molar-refractivity contribution >= 4 is 15.9 Å². The molecule has 0 heterocycles. The summed E-state index contributed by atoms with van der Waals surface area (Å²) in [7, 11) is 1.89. The van der Waals surface area contributed by atoms with Crippen molar-refractivity contribution < 1.29 is 9.13 Å². The number of benzene rings is 1. The molecule has 0 aliphatic heterocycles. The van der Waals surface area contributed by atoms with E-state index in [2.05, 4.69) is 35.1 Å². The Morgan fingerprint density at radius 2 is 2.12 bits per heavy atom. The zero-order chi connectivity index (χ0) is 12.2. The van der Waals surface area contributed by atoms with Gasteiger partial charge in [-0.1, -0.05) is 29.8 Å². The van der Waals surface area contributed by atoms with Crippen LogP contribution in [0.15, 0.2) is 22.7 Å². The molecular weight excluding hydrogens is 273 g/mol. The predicted molar refractivity (Wildman–Crippen MR) is 67.3 cm³/mol. The van der Waals surface area contributed by atoms with Crippen molar-refractivity contribution in [3.05, 3.63) is 28.5 Å². The van der Waals surface area contributed by atoms with Crippen LogP contribution in [0.25, 0.3) is 0 Å². The van der Waals surface area contributed by atoms with Crippen LogP contribution in [-0.4, -0.2) is 20.2 Å². The second-order valence-electron chi connectivity index (χ2n) is 4.56. The summed E-state index contributed by atoms with van der Waals surface area (Å²) in [4.78, 5) is 0. The topological polar surface area (TPSA) is 21.3 Å². The fraction of sp³-hybridized carbons (Fsp3) is 0.500. The first-order chi connectivity index (χ1) is 7.44. The molecule has 1 rings (SSSR count). The Morgan fingerprint density at radius 3 is 2.69 bits per heavy atom. The Labute approximate surface area is 104 Å². The highest BCUT2D eigenvalue weighted by molar-refractivity contribution is 9.10.